The number of amides is 4. The molecule has 1 fully saturated rings. The van der Waals surface area contributed by atoms with Gasteiger partial charge in [-0.05, 0) is 44.9 Å². The van der Waals surface area contributed by atoms with E-state index in [2.05, 4.69) is 39.0 Å². The molecule has 4 amide bonds. The number of terminal acetylenes is 3. The van der Waals surface area contributed by atoms with Gasteiger partial charge in [0.1, 0.15) is 0 Å². The Balaban J connectivity index is 3.09. The van der Waals surface area contributed by atoms with Gasteiger partial charge in [-0.25, -0.2) is 0 Å². The Morgan fingerprint density at radius 1 is 0.805 bits per heavy atom. The van der Waals surface area contributed by atoms with Gasteiger partial charge in [-0.3, -0.25) is 23.7 Å². The van der Waals surface area contributed by atoms with Crippen molar-refractivity contribution in [2.45, 2.75) is 82.8 Å². The molecule has 0 aromatic rings. The average molecular weight is 591 g/mol. The molecule has 11 nitrogen and oxygen atoms in total. The monoisotopic (exact) mass is 590 g/mol. The van der Waals surface area contributed by atoms with Crippen molar-refractivity contribution in [3.05, 3.63) is 0 Å². The second-order valence-corrected chi connectivity index (χ2v) is 12.3. The quantitative estimate of drug-likeness (QED) is 0.141. The van der Waals surface area contributed by atoms with Crippen LogP contribution in [0.1, 0.15) is 71.1 Å². The first-order valence-corrected chi connectivity index (χ1v) is 15.5. The summed E-state index contributed by atoms with van der Waals surface area (Å²) in [6, 6.07) is 0. The van der Waals surface area contributed by atoms with Crippen LogP contribution in [0.25, 0.3) is 0 Å². The van der Waals surface area contributed by atoms with E-state index < -0.39 is 13.1 Å². The van der Waals surface area contributed by atoms with Gasteiger partial charge < -0.3 is 30.3 Å². The number of rotatable bonds is 18. The molecule has 4 N–H and O–H groups in total. The van der Waals surface area contributed by atoms with Crippen LogP contribution >= 0.6 is 7.60 Å². The summed E-state index contributed by atoms with van der Waals surface area (Å²) in [6.07, 6.45) is 18.3. The van der Waals surface area contributed by atoms with Gasteiger partial charge in [0.05, 0.1) is 25.7 Å². The molecular weight excluding hydrogens is 547 g/mol. The van der Waals surface area contributed by atoms with Crippen molar-refractivity contribution >= 4 is 31.2 Å². The van der Waals surface area contributed by atoms with Gasteiger partial charge in [0.15, 0.2) is 0 Å². The number of hydrogen-bond acceptors (Lipinski definition) is 7. The first-order chi connectivity index (χ1) is 19.6. The Morgan fingerprint density at radius 3 is 1.56 bits per heavy atom. The van der Waals surface area contributed by atoms with E-state index in [1.807, 2.05) is 0 Å². The lowest BCUT2D eigenvalue weighted by atomic mass is 9.81. The molecule has 1 aliphatic rings. The second-order valence-electron chi connectivity index (χ2n) is 9.90. The van der Waals surface area contributed by atoms with Gasteiger partial charge in [-0.1, -0.05) is 24.7 Å². The van der Waals surface area contributed by atoms with Crippen LogP contribution in [-0.2, 0) is 32.8 Å². The molecule has 0 heterocycles. The van der Waals surface area contributed by atoms with Crippen molar-refractivity contribution in [1.29, 1.82) is 0 Å². The van der Waals surface area contributed by atoms with Crippen molar-refractivity contribution in [3.63, 3.8) is 0 Å². The number of carbonyl (C=O) groups excluding carboxylic acids is 4. The highest BCUT2D eigenvalue weighted by molar-refractivity contribution is 7.53. The van der Waals surface area contributed by atoms with E-state index in [1.54, 1.807) is 6.92 Å². The second kappa shape index (κ2) is 18.9. The third kappa shape index (κ3) is 13.8. The molecule has 1 saturated carbocycles. The van der Waals surface area contributed by atoms with Crippen molar-refractivity contribution in [3.8, 4) is 37.0 Å². The van der Waals surface area contributed by atoms with Crippen LogP contribution < -0.4 is 21.3 Å². The zero-order valence-corrected chi connectivity index (χ0v) is 25.0. The third-order valence-electron chi connectivity index (χ3n) is 7.06. The highest BCUT2D eigenvalue weighted by Gasteiger charge is 2.37. The van der Waals surface area contributed by atoms with Crippen LogP contribution in [0.15, 0.2) is 0 Å². The predicted molar refractivity (Wildman–Crippen MR) is 156 cm³/mol. The number of hydrogen-bond donors (Lipinski definition) is 4. The van der Waals surface area contributed by atoms with Crippen molar-refractivity contribution in [2.75, 3.05) is 32.9 Å². The van der Waals surface area contributed by atoms with Gasteiger partial charge in [0, 0.05) is 44.0 Å². The fraction of sp³-hybridized carbons (Fsp3) is 0.655. The summed E-state index contributed by atoms with van der Waals surface area (Å²) >= 11 is 0. The minimum Gasteiger partial charge on any atom is -0.350 e. The van der Waals surface area contributed by atoms with E-state index >= 15 is 0 Å². The highest BCUT2D eigenvalue weighted by atomic mass is 31.2. The topological polar surface area (TPSA) is 152 Å². The summed E-state index contributed by atoms with van der Waals surface area (Å²) in [6.45, 7) is 1.90. The molecule has 1 aliphatic carbocycles. The van der Waals surface area contributed by atoms with E-state index in [4.69, 9.17) is 28.3 Å². The van der Waals surface area contributed by atoms with E-state index in [-0.39, 0.29) is 100.0 Å². The summed E-state index contributed by atoms with van der Waals surface area (Å²) in [5, 5.41) is 10.9. The standard InChI is InChI=1S/C29H43N4O7P/c1-6-20-30-25(34)14-17-29(18-15-26(35)31-21-7-2,19-16-27(36)32-22-8-3)33-28(37)23-10-12-24(13-11-23)40-41(38,9-4)39-5/h1-3,23-24H,9-22H2,4-5H3,(H,30,34)(H,31,35)(H,32,36)(H,33,37)/t23-,24-,41?. The van der Waals surface area contributed by atoms with Crippen molar-refractivity contribution in [1.82, 2.24) is 21.3 Å². The fourth-order valence-corrected chi connectivity index (χ4v) is 5.76. The molecule has 1 unspecified atom stereocenters. The van der Waals surface area contributed by atoms with E-state index in [9.17, 15) is 23.7 Å². The smallest absolute Gasteiger partial charge is 0.330 e. The molecule has 0 aromatic heterocycles. The van der Waals surface area contributed by atoms with Crippen LogP contribution in [0.3, 0.4) is 0 Å². The molecule has 0 radical (unpaired) electrons. The summed E-state index contributed by atoms with van der Waals surface area (Å²) in [7, 11) is -1.80. The first-order valence-electron chi connectivity index (χ1n) is 13.8. The third-order valence-corrected chi connectivity index (χ3v) is 9.01. The molecule has 0 saturated heterocycles. The normalized spacial score (nSPS) is 17.9. The fourth-order valence-electron chi connectivity index (χ4n) is 4.60. The van der Waals surface area contributed by atoms with Gasteiger partial charge in [0.2, 0.25) is 23.6 Å². The van der Waals surface area contributed by atoms with Crippen LogP contribution in [0.2, 0.25) is 0 Å². The Hall–Kier alpha value is -3.29. The van der Waals surface area contributed by atoms with Gasteiger partial charge in [-0.2, -0.15) is 0 Å². The summed E-state index contributed by atoms with van der Waals surface area (Å²) in [5.74, 6) is 5.47. The zero-order valence-electron chi connectivity index (χ0n) is 24.1. The van der Waals surface area contributed by atoms with Crippen molar-refractivity contribution < 1.29 is 32.8 Å². The minimum atomic E-state index is -3.16. The molecule has 1 atom stereocenters. The molecule has 0 bridgehead atoms. The lowest BCUT2D eigenvalue weighted by Crippen LogP contribution is -2.52. The maximum absolute atomic E-state index is 13.6. The van der Waals surface area contributed by atoms with Gasteiger partial charge in [0.25, 0.3) is 0 Å². The van der Waals surface area contributed by atoms with E-state index in [0.29, 0.717) is 25.7 Å². The Labute approximate surface area is 243 Å². The molecular formula is C29H43N4O7P. The van der Waals surface area contributed by atoms with E-state index in [1.165, 1.54) is 7.11 Å². The Bertz CT molecular complexity index is 973. The molecule has 0 aliphatic heterocycles. The first kappa shape index (κ1) is 35.7. The van der Waals surface area contributed by atoms with Crippen LogP contribution in [0, 0.1) is 42.9 Å². The van der Waals surface area contributed by atoms with Gasteiger partial charge >= 0.3 is 7.60 Å². The molecule has 12 heteroatoms. The minimum absolute atomic E-state index is 0.0177. The summed E-state index contributed by atoms with van der Waals surface area (Å²) < 4.78 is 23.3. The molecule has 1 rings (SSSR count). The predicted octanol–water partition coefficient (Wildman–Crippen LogP) is 1.87. The maximum atomic E-state index is 13.6. The van der Waals surface area contributed by atoms with Crippen LogP contribution in [0.5, 0.6) is 0 Å². The number of carbonyl (C=O) groups is 4. The lowest BCUT2D eigenvalue weighted by Gasteiger charge is -2.37. The van der Waals surface area contributed by atoms with Crippen LogP contribution in [0.4, 0.5) is 0 Å². The average Bonchev–Trinajstić information content (AvgIpc) is 2.98. The zero-order chi connectivity index (χ0) is 30.7. The van der Waals surface area contributed by atoms with Gasteiger partial charge in [-0.15, -0.1) is 19.3 Å². The SMILES string of the molecule is C#CCNC(=O)CCC(CCC(=O)NCC#C)(CCC(=O)NCC#C)NC(=O)[C@H]1CC[C@H](OP(=O)(CC)OC)CC1. The number of nitrogens with one attached hydrogen (secondary N) is 4. The molecule has 226 valence electrons. The Kier molecular flexibility index (Phi) is 16.5. The van der Waals surface area contributed by atoms with E-state index in [0.717, 1.165) is 0 Å². The maximum Gasteiger partial charge on any atom is 0.330 e. The Morgan fingerprint density at radius 2 is 1.22 bits per heavy atom. The molecule has 41 heavy (non-hydrogen) atoms. The molecule has 0 aromatic carbocycles. The van der Waals surface area contributed by atoms with Crippen LogP contribution in [-0.4, -0.2) is 68.2 Å². The lowest BCUT2D eigenvalue weighted by molar-refractivity contribution is -0.131. The largest absolute Gasteiger partial charge is 0.350 e. The molecule has 0 spiro atoms. The highest BCUT2D eigenvalue weighted by Crippen LogP contribution is 2.50. The summed E-state index contributed by atoms with van der Waals surface area (Å²) in [4.78, 5) is 50.8. The van der Waals surface area contributed by atoms with Crippen molar-refractivity contribution in [2.24, 2.45) is 5.92 Å². The summed E-state index contributed by atoms with van der Waals surface area (Å²) in [5.41, 5.74) is -1.05.